The van der Waals surface area contributed by atoms with Gasteiger partial charge in [-0.15, -0.1) is 0 Å². The SMILES string of the molecule is COc1cccc(C(=O)N2CC[C@H]2c2ccc(F)cc2)c1OC. The van der Waals surface area contributed by atoms with E-state index < -0.39 is 0 Å². The van der Waals surface area contributed by atoms with Crippen LogP contribution in [-0.2, 0) is 0 Å². The van der Waals surface area contributed by atoms with Gasteiger partial charge < -0.3 is 14.4 Å². The molecule has 5 heteroatoms. The third-order valence-electron chi connectivity index (χ3n) is 4.17. The lowest BCUT2D eigenvalue weighted by Gasteiger charge is -2.41. The van der Waals surface area contributed by atoms with E-state index in [1.54, 1.807) is 35.2 Å². The second-order valence-electron chi connectivity index (χ2n) is 5.40. The minimum absolute atomic E-state index is 0.0287. The number of nitrogens with zero attached hydrogens (tertiary/aromatic N) is 1. The van der Waals surface area contributed by atoms with E-state index in [-0.39, 0.29) is 17.8 Å². The Balaban J connectivity index is 1.88. The molecular weight excluding hydrogens is 297 g/mol. The summed E-state index contributed by atoms with van der Waals surface area (Å²) in [4.78, 5) is 14.6. The van der Waals surface area contributed by atoms with E-state index in [1.807, 2.05) is 0 Å². The molecule has 3 rings (SSSR count). The Labute approximate surface area is 134 Å². The Morgan fingerprint density at radius 2 is 1.87 bits per heavy atom. The Bertz CT molecular complexity index is 715. The van der Waals surface area contributed by atoms with Gasteiger partial charge in [0.1, 0.15) is 5.82 Å². The molecule has 0 N–H and O–H groups in total. The third-order valence-corrected chi connectivity index (χ3v) is 4.17. The number of carbonyl (C=O) groups excluding carboxylic acids is 1. The number of ether oxygens (including phenoxy) is 2. The summed E-state index contributed by atoms with van der Waals surface area (Å²) in [6.45, 7) is 0.668. The second kappa shape index (κ2) is 6.28. The van der Waals surface area contributed by atoms with E-state index in [9.17, 15) is 9.18 Å². The Hall–Kier alpha value is -2.56. The molecule has 4 nitrogen and oxygen atoms in total. The summed E-state index contributed by atoms with van der Waals surface area (Å²) in [6, 6.07) is 11.5. The first-order valence-electron chi connectivity index (χ1n) is 7.43. The fraction of sp³-hybridized carbons (Fsp3) is 0.278. The van der Waals surface area contributed by atoms with Gasteiger partial charge in [0.25, 0.3) is 5.91 Å². The maximum absolute atomic E-state index is 13.1. The molecule has 1 atom stereocenters. The van der Waals surface area contributed by atoms with E-state index in [1.165, 1.54) is 26.4 Å². The smallest absolute Gasteiger partial charge is 0.258 e. The number of amides is 1. The zero-order valence-corrected chi connectivity index (χ0v) is 13.1. The van der Waals surface area contributed by atoms with Gasteiger partial charge in [-0.2, -0.15) is 0 Å². The van der Waals surface area contributed by atoms with E-state index in [2.05, 4.69) is 0 Å². The molecule has 1 heterocycles. The minimum atomic E-state index is -0.277. The summed E-state index contributed by atoms with van der Waals surface area (Å²) < 4.78 is 23.7. The molecule has 1 fully saturated rings. The van der Waals surface area contributed by atoms with Crippen molar-refractivity contribution < 1.29 is 18.7 Å². The molecule has 1 aliphatic rings. The molecule has 0 bridgehead atoms. The van der Waals surface area contributed by atoms with Crippen LogP contribution in [0.2, 0.25) is 0 Å². The summed E-state index contributed by atoms with van der Waals surface area (Å²) in [6.07, 6.45) is 0.865. The van der Waals surface area contributed by atoms with Crippen molar-refractivity contribution in [1.29, 1.82) is 0 Å². The predicted octanol–water partition coefficient (Wildman–Crippen LogP) is 3.43. The van der Waals surface area contributed by atoms with E-state index in [0.717, 1.165) is 12.0 Å². The highest BCUT2D eigenvalue weighted by molar-refractivity contribution is 5.98. The molecule has 0 radical (unpaired) electrons. The number of benzene rings is 2. The minimum Gasteiger partial charge on any atom is -0.493 e. The largest absolute Gasteiger partial charge is 0.493 e. The number of likely N-dealkylation sites (tertiary alicyclic amines) is 1. The monoisotopic (exact) mass is 315 g/mol. The highest BCUT2D eigenvalue weighted by Crippen LogP contribution is 2.38. The lowest BCUT2D eigenvalue weighted by Crippen LogP contribution is -2.45. The first kappa shape index (κ1) is 15.3. The topological polar surface area (TPSA) is 38.8 Å². The molecule has 0 aliphatic carbocycles. The first-order chi connectivity index (χ1) is 11.2. The van der Waals surface area contributed by atoms with Gasteiger partial charge in [0, 0.05) is 6.54 Å². The number of carbonyl (C=O) groups is 1. The van der Waals surface area contributed by atoms with Crippen molar-refractivity contribution in [3.8, 4) is 11.5 Å². The molecule has 0 spiro atoms. The van der Waals surface area contributed by atoms with Gasteiger partial charge in [-0.3, -0.25) is 4.79 Å². The number of halogens is 1. The summed E-state index contributed by atoms with van der Waals surface area (Å²) in [5, 5.41) is 0. The van der Waals surface area contributed by atoms with Crippen LogP contribution in [0, 0.1) is 5.82 Å². The van der Waals surface area contributed by atoms with Crippen LogP contribution in [0.4, 0.5) is 4.39 Å². The Kier molecular flexibility index (Phi) is 4.19. The molecule has 120 valence electrons. The van der Waals surface area contributed by atoms with Crippen molar-refractivity contribution in [3.63, 3.8) is 0 Å². The fourth-order valence-corrected chi connectivity index (χ4v) is 2.87. The normalized spacial score (nSPS) is 16.7. The Morgan fingerprint density at radius 1 is 1.13 bits per heavy atom. The van der Waals surface area contributed by atoms with E-state index in [4.69, 9.17) is 9.47 Å². The van der Waals surface area contributed by atoms with Crippen molar-refractivity contribution in [2.45, 2.75) is 12.5 Å². The zero-order chi connectivity index (χ0) is 16.4. The van der Waals surface area contributed by atoms with Crippen molar-refractivity contribution in [3.05, 3.63) is 59.4 Å². The molecule has 2 aromatic rings. The van der Waals surface area contributed by atoms with Gasteiger partial charge in [0.2, 0.25) is 0 Å². The van der Waals surface area contributed by atoms with Crippen LogP contribution in [0.5, 0.6) is 11.5 Å². The van der Waals surface area contributed by atoms with Crippen molar-refractivity contribution >= 4 is 5.91 Å². The molecule has 1 aliphatic heterocycles. The quantitative estimate of drug-likeness (QED) is 0.867. The molecule has 0 aromatic heterocycles. The number of para-hydroxylation sites is 1. The van der Waals surface area contributed by atoms with E-state index >= 15 is 0 Å². The number of hydrogen-bond donors (Lipinski definition) is 0. The highest BCUT2D eigenvalue weighted by atomic mass is 19.1. The predicted molar refractivity (Wildman–Crippen MR) is 84.3 cm³/mol. The van der Waals surface area contributed by atoms with Crippen molar-refractivity contribution in [1.82, 2.24) is 4.90 Å². The molecule has 0 saturated carbocycles. The zero-order valence-electron chi connectivity index (χ0n) is 13.1. The van der Waals surface area contributed by atoms with Crippen LogP contribution in [0.1, 0.15) is 28.4 Å². The highest BCUT2D eigenvalue weighted by Gasteiger charge is 2.35. The van der Waals surface area contributed by atoms with Gasteiger partial charge >= 0.3 is 0 Å². The van der Waals surface area contributed by atoms with Crippen LogP contribution in [0.25, 0.3) is 0 Å². The molecule has 1 saturated heterocycles. The summed E-state index contributed by atoms with van der Waals surface area (Å²) >= 11 is 0. The van der Waals surface area contributed by atoms with Crippen LogP contribution < -0.4 is 9.47 Å². The van der Waals surface area contributed by atoms with Crippen LogP contribution in [-0.4, -0.2) is 31.6 Å². The summed E-state index contributed by atoms with van der Waals surface area (Å²) in [5.74, 6) is 0.573. The second-order valence-corrected chi connectivity index (χ2v) is 5.40. The van der Waals surface area contributed by atoms with Crippen LogP contribution in [0.3, 0.4) is 0 Å². The molecule has 1 amide bonds. The van der Waals surface area contributed by atoms with Gasteiger partial charge in [-0.25, -0.2) is 4.39 Å². The number of methoxy groups -OCH3 is 2. The molecule has 0 unspecified atom stereocenters. The first-order valence-corrected chi connectivity index (χ1v) is 7.43. The average Bonchev–Trinajstić information content (AvgIpc) is 2.54. The van der Waals surface area contributed by atoms with E-state index in [0.29, 0.717) is 23.6 Å². The molecule has 2 aromatic carbocycles. The van der Waals surface area contributed by atoms with Gasteiger partial charge in [0.15, 0.2) is 11.5 Å². The maximum atomic E-state index is 13.1. The Morgan fingerprint density at radius 3 is 2.43 bits per heavy atom. The third kappa shape index (κ3) is 2.74. The fourth-order valence-electron chi connectivity index (χ4n) is 2.87. The van der Waals surface area contributed by atoms with Gasteiger partial charge in [0.05, 0.1) is 25.8 Å². The van der Waals surface area contributed by atoms with Gasteiger partial charge in [-0.05, 0) is 36.2 Å². The summed E-state index contributed by atoms with van der Waals surface area (Å²) in [5.41, 5.74) is 1.41. The average molecular weight is 315 g/mol. The van der Waals surface area contributed by atoms with Crippen LogP contribution >= 0.6 is 0 Å². The maximum Gasteiger partial charge on any atom is 0.258 e. The standard InChI is InChI=1S/C18H18FNO3/c1-22-16-5-3-4-14(17(16)23-2)18(21)20-11-10-15(20)12-6-8-13(19)9-7-12/h3-9,15H,10-11H2,1-2H3/t15-/m0/s1. The van der Waals surface area contributed by atoms with Gasteiger partial charge in [-0.1, -0.05) is 18.2 Å². The number of hydrogen-bond acceptors (Lipinski definition) is 3. The lowest BCUT2D eigenvalue weighted by molar-refractivity contribution is 0.0456. The molecular formula is C18H18FNO3. The lowest BCUT2D eigenvalue weighted by atomic mass is 9.93. The van der Waals surface area contributed by atoms with Crippen molar-refractivity contribution in [2.24, 2.45) is 0 Å². The molecule has 23 heavy (non-hydrogen) atoms. The van der Waals surface area contributed by atoms with Crippen molar-refractivity contribution in [2.75, 3.05) is 20.8 Å². The van der Waals surface area contributed by atoms with Crippen LogP contribution in [0.15, 0.2) is 42.5 Å². The number of rotatable bonds is 4. The summed E-state index contributed by atoms with van der Waals surface area (Å²) in [7, 11) is 3.05.